The maximum Gasteiger partial charge on any atom is 4.00 e. The van der Waals surface area contributed by atoms with Crippen molar-refractivity contribution >= 4 is 175 Å². The zero-order valence-corrected chi connectivity index (χ0v) is 97.4. The molecule has 766 valence electrons. The summed E-state index contributed by atoms with van der Waals surface area (Å²) in [6, 6.07) is 69.7. The third kappa shape index (κ3) is 55.3. The van der Waals surface area contributed by atoms with Crippen molar-refractivity contribution in [2.24, 2.45) is 0 Å². The van der Waals surface area contributed by atoms with Crippen LogP contribution in [0.3, 0.4) is 0 Å². The predicted octanol–water partition coefficient (Wildman–Crippen LogP) is 40.6. The minimum Gasteiger partial charge on any atom is -0.411 e. The molecule has 0 unspecified atom stereocenters. The number of unbranched alkanes of at least 4 members (excludes halogenated alkanes) is 48. The van der Waals surface area contributed by atoms with E-state index in [2.05, 4.69) is 282 Å². The number of para-hydroxylation sites is 8. The van der Waals surface area contributed by atoms with Crippen LogP contribution < -0.4 is 19.6 Å². The Morgan fingerprint density at radius 3 is 0.345 bits per heavy atom. The Morgan fingerprint density at radius 1 is 0.165 bits per heavy atom. The Kier molecular flexibility index (Phi) is 80.3. The monoisotopic (exact) mass is 2130 g/mol. The first-order chi connectivity index (χ1) is 67.7. The van der Waals surface area contributed by atoms with Crippen molar-refractivity contribution in [1.29, 1.82) is 0 Å². The molecule has 8 rings (SSSR count). The number of benzene rings is 8. The summed E-state index contributed by atoms with van der Waals surface area (Å²) in [7, 11) is 0. The summed E-state index contributed by atoms with van der Waals surface area (Å²) < 4.78 is 9.89. The van der Waals surface area contributed by atoms with E-state index in [1.807, 2.05) is 0 Å². The predicted molar refractivity (Wildman–Crippen MR) is 642 cm³/mol. The third-order valence-corrected chi connectivity index (χ3v) is 28.4. The zero-order chi connectivity index (χ0) is 99.7. The molecule has 5 nitrogen and oxygen atoms in total. The molecule has 15 heteroatoms. The Labute approximate surface area is 916 Å². The summed E-state index contributed by atoms with van der Waals surface area (Å²) in [5.74, 6) is 0. The van der Waals surface area contributed by atoms with Gasteiger partial charge in [0, 0.05) is 45.5 Å². The van der Waals surface area contributed by atoms with Crippen LogP contribution in [0.5, 0.6) is 0 Å². The Bertz CT molecular complexity index is 3610. The van der Waals surface area contributed by atoms with Gasteiger partial charge in [0.15, 0.2) is 12.5 Å². The molecule has 0 aliphatic rings. The standard InChI is InChI=1S/4C31H47NS2.Mo.OS/c4*1-3-5-7-9-11-13-15-21-27-23-17-19-25-29(27)32(31(33)34)30-26-20-18-24-28(30)22-16-14-12-10-8-6-4-2;;1-2/h4*17-20,23-26H,3-16,21-22H2,1-2H3,(H,33,34);;/q;;;;+4;/p-4. The van der Waals surface area contributed by atoms with Crippen LogP contribution in [0, 0.1) is 0 Å². The Morgan fingerprint density at radius 2 is 0.252 bits per heavy atom. The van der Waals surface area contributed by atoms with Crippen LogP contribution in [-0.2, 0) is 135 Å². The number of hydrogen-bond donors (Lipinski definition) is 0. The van der Waals surface area contributed by atoms with Crippen LogP contribution >= 0.6 is 48.9 Å². The van der Waals surface area contributed by atoms with E-state index in [1.165, 1.54) is 450 Å². The zero-order valence-electron chi connectivity index (χ0n) is 88.0. The maximum atomic E-state index is 7.83. The third-order valence-electron chi connectivity index (χ3n) is 27.0. The molecule has 0 aromatic heterocycles. The maximum absolute atomic E-state index is 7.83. The molecule has 0 bridgehead atoms. The van der Waals surface area contributed by atoms with E-state index >= 15 is 0 Å². The number of nitrogens with zero attached hydrogens (tertiary/aromatic N) is 4. The van der Waals surface area contributed by atoms with Gasteiger partial charge in [0.1, 0.15) is 0 Å². The fourth-order valence-corrected chi connectivity index (χ4v) is 20.6. The van der Waals surface area contributed by atoms with Crippen molar-refractivity contribution in [3.05, 3.63) is 239 Å². The number of rotatable bonds is 72. The largest absolute Gasteiger partial charge is 4.00 e. The average molecular weight is 2130 g/mol. The van der Waals surface area contributed by atoms with E-state index in [0.29, 0.717) is 17.3 Å². The molecule has 0 fully saturated rings. The second-order valence-corrected chi connectivity index (χ2v) is 42.5. The van der Waals surface area contributed by atoms with E-state index in [-0.39, 0.29) is 21.1 Å². The van der Waals surface area contributed by atoms with Gasteiger partial charge in [-0.2, -0.15) is 4.21 Å². The van der Waals surface area contributed by atoms with Gasteiger partial charge in [0.25, 0.3) is 0 Å². The quantitative estimate of drug-likeness (QED) is 0.0157. The average Bonchev–Trinajstić information content (AvgIpc) is 0.816. The van der Waals surface area contributed by atoms with Crippen LogP contribution in [-0.4, -0.2) is 21.5 Å². The topological polar surface area (TPSA) is 30.0 Å². The van der Waals surface area contributed by atoms with Gasteiger partial charge in [0.05, 0.1) is 0 Å². The van der Waals surface area contributed by atoms with Crippen molar-refractivity contribution in [3.63, 3.8) is 0 Å². The molecular weight excluding hydrogens is 1950 g/mol. The molecule has 0 aliphatic carbocycles. The smallest absolute Gasteiger partial charge is 0.411 e. The van der Waals surface area contributed by atoms with Gasteiger partial charge >= 0.3 is 21.1 Å². The Balaban J connectivity index is 0.000000473. The molecule has 0 amide bonds. The number of aryl methyl sites for hydroxylation is 8. The molecular formula is C124H184MoN4OS9. The van der Waals surface area contributed by atoms with Crippen molar-refractivity contribution < 1.29 is 25.3 Å². The van der Waals surface area contributed by atoms with Gasteiger partial charge in [-0.25, -0.2) is 0 Å². The summed E-state index contributed by atoms with van der Waals surface area (Å²) >= 11 is 47.9. The molecule has 0 saturated carbocycles. The second-order valence-electron chi connectivity index (χ2n) is 38.4. The SMILES string of the molecule is CCCCCCCCCc1ccccc1N(C(=S)[S-])c1ccccc1CCCCCCCCC.CCCCCCCCCc1ccccc1N(C(=S)[S-])c1ccccc1CCCCCCCCC.CCCCCCCCCc1ccccc1N(C(=S)[S-])c1ccccc1CCCCCCCCC.CCCCCCCCCc1ccccc1N(C(=S)[S-])c1ccccc1CCCCCCCCC.O=S.[Mo+4]. The van der Waals surface area contributed by atoms with Crippen molar-refractivity contribution in [2.75, 3.05) is 19.6 Å². The molecule has 0 spiro atoms. The van der Waals surface area contributed by atoms with E-state index < -0.39 is 0 Å². The first-order valence-corrected chi connectivity index (χ1v) is 59.2. The van der Waals surface area contributed by atoms with E-state index in [4.69, 9.17) is 104 Å². The summed E-state index contributed by atoms with van der Waals surface area (Å²) in [4.78, 5) is 8.60. The van der Waals surface area contributed by atoms with Crippen LogP contribution in [0.25, 0.3) is 0 Å². The summed E-state index contributed by atoms with van der Waals surface area (Å²) in [6.45, 7) is 18.2. The van der Waals surface area contributed by atoms with Gasteiger partial charge in [-0.3, -0.25) is 0 Å². The molecule has 0 atom stereocenters. The summed E-state index contributed by atoms with van der Waals surface area (Å²) in [5.41, 5.74) is 20.2. The van der Waals surface area contributed by atoms with Gasteiger partial charge in [-0.05, 0) is 196 Å². The molecule has 0 heterocycles. The fourth-order valence-electron chi connectivity index (χ4n) is 19.0. The van der Waals surface area contributed by atoms with Crippen molar-refractivity contribution in [3.8, 4) is 0 Å². The first kappa shape index (κ1) is 128. The molecule has 8 aromatic carbocycles. The molecule has 0 N–H and O–H groups in total. The van der Waals surface area contributed by atoms with Gasteiger partial charge in [0.2, 0.25) is 0 Å². The molecule has 0 aliphatic heterocycles. The first-order valence-electron chi connectivity index (χ1n) is 55.6. The van der Waals surface area contributed by atoms with Crippen LogP contribution in [0.15, 0.2) is 194 Å². The molecule has 0 radical (unpaired) electrons. The summed E-state index contributed by atoms with van der Waals surface area (Å²) in [5, 5.41) is 0. The van der Waals surface area contributed by atoms with Crippen molar-refractivity contribution in [1.82, 2.24) is 0 Å². The minimum absolute atomic E-state index is 0. The van der Waals surface area contributed by atoms with Gasteiger partial charge in [-0.15, -0.1) is 0 Å². The van der Waals surface area contributed by atoms with Crippen LogP contribution in [0.4, 0.5) is 45.5 Å². The molecule has 139 heavy (non-hydrogen) atoms. The van der Waals surface area contributed by atoms with Crippen molar-refractivity contribution in [2.45, 2.75) is 466 Å². The summed E-state index contributed by atoms with van der Waals surface area (Å²) in [6.07, 6.45) is 82.9. The molecule has 8 aromatic rings. The fraction of sp³-hybridized carbons (Fsp3) is 0.581. The minimum atomic E-state index is 0. The number of anilines is 8. The van der Waals surface area contributed by atoms with E-state index in [9.17, 15) is 0 Å². The number of thiocarbonyl (C=S) groups is 4. The molecule has 0 saturated heterocycles. The van der Waals surface area contributed by atoms with Crippen LogP contribution in [0.1, 0.15) is 459 Å². The van der Waals surface area contributed by atoms with Crippen LogP contribution in [0.2, 0.25) is 0 Å². The number of hydrogen-bond acceptors (Lipinski definition) is 10. The Hall–Kier alpha value is -5.09. The van der Waals surface area contributed by atoms with E-state index in [1.54, 1.807) is 0 Å². The van der Waals surface area contributed by atoms with E-state index in [0.717, 1.165) is 51.4 Å². The van der Waals surface area contributed by atoms with Gasteiger partial charge < -0.3 is 119 Å². The second kappa shape index (κ2) is 87.1. The van der Waals surface area contributed by atoms with Gasteiger partial charge in [-0.1, -0.05) is 526 Å². The normalized spacial score (nSPS) is 10.8.